The van der Waals surface area contributed by atoms with Gasteiger partial charge in [0, 0.05) is 31.4 Å². The lowest BCUT2D eigenvalue weighted by Crippen LogP contribution is -2.36. The fraction of sp³-hybridized carbons (Fsp3) is 0.467. The monoisotopic (exact) mass is 433 g/mol. The van der Waals surface area contributed by atoms with E-state index in [-0.39, 0.29) is 24.0 Å². The van der Waals surface area contributed by atoms with Crippen LogP contribution in [0.1, 0.15) is 36.2 Å². The first-order valence-corrected chi connectivity index (χ1v) is 7.97. The Morgan fingerprint density at radius 2 is 2.09 bits per heavy atom. The molecule has 0 saturated heterocycles. The number of thiazole rings is 1. The minimum atomic E-state index is 0. The molecular formula is C15H24IN5S. The van der Waals surface area contributed by atoms with Gasteiger partial charge in [-0.1, -0.05) is 13.8 Å². The molecule has 0 aliphatic rings. The molecule has 0 bridgehead atoms. The Labute approximate surface area is 153 Å². The first-order valence-electron chi connectivity index (χ1n) is 7.09. The van der Waals surface area contributed by atoms with Gasteiger partial charge in [-0.05, 0) is 18.1 Å². The highest BCUT2D eigenvalue weighted by Gasteiger charge is 2.06. The quantitative estimate of drug-likeness (QED) is 0.433. The summed E-state index contributed by atoms with van der Waals surface area (Å²) in [7, 11) is 3.82. The number of nitrogens with one attached hydrogen (secondary N) is 2. The van der Waals surface area contributed by atoms with E-state index >= 15 is 0 Å². The van der Waals surface area contributed by atoms with Crippen molar-refractivity contribution in [3.8, 4) is 0 Å². The number of halogens is 1. The summed E-state index contributed by atoms with van der Waals surface area (Å²) in [6.07, 6.45) is 2.04. The summed E-state index contributed by atoms with van der Waals surface area (Å²) in [6, 6.07) is 4.13. The maximum Gasteiger partial charge on any atom is 0.191 e. The van der Waals surface area contributed by atoms with Crippen LogP contribution in [0.15, 0.2) is 28.7 Å². The second-order valence-corrected chi connectivity index (χ2v) is 6.15. The molecule has 2 heterocycles. The smallest absolute Gasteiger partial charge is 0.191 e. The summed E-state index contributed by atoms with van der Waals surface area (Å²) in [5.74, 6) is 1.27. The molecule has 0 atom stereocenters. The number of rotatable bonds is 5. The summed E-state index contributed by atoms with van der Waals surface area (Å²) in [6.45, 7) is 5.77. The van der Waals surface area contributed by atoms with Gasteiger partial charge in [0.25, 0.3) is 0 Å². The zero-order valence-electron chi connectivity index (χ0n) is 13.5. The molecular weight excluding hydrogens is 409 g/mol. The van der Waals surface area contributed by atoms with E-state index in [9.17, 15) is 0 Å². The summed E-state index contributed by atoms with van der Waals surface area (Å²) in [5, 5.41) is 9.82. The fourth-order valence-corrected chi connectivity index (χ4v) is 2.80. The average molecular weight is 433 g/mol. The van der Waals surface area contributed by atoms with Crippen LogP contribution in [0.25, 0.3) is 0 Å². The Bertz CT molecular complexity index is 603. The van der Waals surface area contributed by atoms with Crippen LogP contribution in [0, 0.1) is 0 Å². The maximum absolute atomic E-state index is 4.61. The number of hydrogen-bond donors (Lipinski definition) is 2. The molecule has 0 spiro atoms. The van der Waals surface area contributed by atoms with E-state index in [1.807, 2.05) is 19.3 Å². The van der Waals surface area contributed by atoms with E-state index in [0.717, 1.165) is 23.2 Å². The minimum absolute atomic E-state index is 0. The topological polar surface area (TPSA) is 54.2 Å². The molecule has 2 aromatic rings. The summed E-state index contributed by atoms with van der Waals surface area (Å²) in [4.78, 5) is 8.85. The number of aromatic nitrogens is 2. The maximum atomic E-state index is 4.61. The summed E-state index contributed by atoms with van der Waals surface area (Å²) in [5.41, 5.74) is 2.37. The first kappa shape index (κ1) is 19.0. The van der Waals surface area contributed by atoms with Crippen molar-refractivity contribution in [2.24, 2.45) is 12.0 Å². The van der Waals surface area contributed by atoms with Gasteiger partial charge in [0.2, 0.25) is 0 Å². The Morgan fingerprint density at radius 1 is 1.36 bits per heavy atom. The lowest BCUT2D eigenvalue weighted by Gasteiger charge is -2.11. The molecule has 0 saturated carbocycles. The van der Waals surface area contributed by atoms with Gasteiger partial charge in [-0.25, -0.2) is 4.98 Å². The SMILES string of the molecule is CN=C(NCc1nc(C(C)C)cs1)NCc1cccn1C.I. The average Bonchev–Trinajstić information content (AvgIpc) is 3.08. The molecule has 7 heteroatoms. The Morgan fingerprint density at radius 3 is 2.64 bits per heavy atom. The van der Waals surface area contributed by atoms with Crippen LogP contribution in [0.2, 0.25) is 0 Å². The van der Waals surface area contributed by atoms with Crippen molar-refractivity contribution in [3.63, 3.8) is 0 Å². The second kappa shape index (κ2) is 9.14. The molecule has 2 N–H and O–H groups in total. The van der Waals surface area contributed by atoms with Crippen molar-refractivity contribution in [1.29, 1.82) is 0 Å². The van der Waals surface area contributed by atoms with Crippen molar-refractivity contribution in [2.75, 3.05) is 7.05 Å². The molecule has 2 aromatic heterocycles. The third-order valence-electron chi connectivity index (χ3n) is 3.28. The van der Waals surface area contributed by atoms with Gasteiger partial charge >= 0.3 is 0 Å². The van der Waals surface area contributed by atoms with Crippen molar-refractivity contribution in [1.82, 2.24) is 20.2 Å². The van der Waals surface area contributed by atoms with E-state index in [0.29, 0.717) is 12.5 Å². The highest BCUT2D eigenvalue weighted by molar-refractivity contribution is 14.0. The molecule has 0 unspecified atom stereocenters. The van der Waals surface area contributed by atoms with Crippen LogP contribution in [0.5, 0.6) is 0 Å². The van der Waals surface area contributed by atoms with Crippen LogP contribution in [0.4, 0.5) is 0 Å². The Hall–Kier alpha value is -1.09. The molecule has 0 fully saturated rings. The molecule has 0 aliphatic carbocycles. The Kier molecular flexibility index (Phi) is 7.88. The predicted octanol–water partition coefficient (Wildman–Crippen LogP) is 3.09. The standard InChI is InChI=1S/C15H23N5S.HI/c1-11(2)13-10-21-14(19-13)9-18-15(16-3)17-8-12-6-5-7-20(12)4;/h5-7,10-11H,8-9H2,1-4H3,(H2,16,17,18);1H. The third-order valence-corrected chi connectivity index (χ3v) is 4.15. The first-order chi connectivity index (χ1) is 10.1. The fourth-order valence-electron chi connectivity index (χ4n) is 1.91. The van der Waals surface area contributed by atoms with E-state index < -0.39 is 0 Å². The van der Waals surface area contributed by atoms with Crippen LogP contribution < -0.4 is 10.6 Å². The van der Waals surface area contributed by atoms with Crippen molar-refractivity contribution in [3.05, 3.63) is 40.1 Å². The number of nitrogens with zero attached hydrogens (tertiary/aromatic N) is 3. The molecule has 22 heavy (non-hydrogen) atoms. The van der Waals surface area contributed by atoms with Gasteiger partial charge in [-0.3, -0.25) is 4.99 Å². The lowest BCUT2D eigenvalue weighted by atomic mass is 10.2. The summed E-state index contributed by atoms with van der Waals surface area (Å²) < 4.78 is 2.09. The van der Waals surface area contributed by atoms with E-state index in [2.05, 4.69) is 50.5 Å². The molecule has 0 amide bonds. The largest absolute Gasteiger partial charge is 0.353 e. The van der Waals surface area contributed by atoms with Crippen LogP contribution in [-0.4, -0.2) is 22.6 Å². The summed E-state index contributed by atoms with van der Waals surface area (Å²) >= 11 is 1.69. The molecule has 0 aliphatic heterocycles. The van der Waals surface area contributed by atoms with E-state index in [1.54, 1.807) is 18.4 Å². The molecule has 0 aromatic carbocycles. The van der Waals surface area contributed by atoms with Gasteiger partial charge in [0.05, 0.1) is 18.8 Å². The Balaban J connectivity index is 0.00000242. The van der Waals surface area contributed by atoms with Gasteiger partial charge in [-0.2, -0.15) is 0 Å². The number of aryl methyl sites for hydroxylation is 1. The normalized spacial score (nSPS) is 11.4. The van der Waals surface area contributed by atoms with Gasteiger partial charge < -0.3 is 15.2 Å². The van der Waals surface area contributed by atoms with E-state index in [1.165, 1.54) is 5.69 Å². The molecule has 0 radical (unpaired) electrons. The highest BCUT2D eigenvalue weighted by atomic mass is 127. The van der Waals surface area contributed by atoms with Gasteiger partial charge in [0.1, 0.15) is 5.01 Å². The molecule has 2 rings (SSSR count). The van der Waals surface area contributed by atoms with E-state index in [4.69, 9.17) is 0 Å². The van der Waals surface area contributed by atoms with Crippen LogP contribution in [0.3, 0.4) is 0 Å². The number of hydrogen-bond acceptors (Lipinski definition) is 3. The van der Waals surface area contributed by atoms with Crippen molar-refractivity contribution >= 4 is 41.3 Å². The number of aliphatic imine (C=N–C) groups is 1. The van der Waals surface area contributed by atoms with Gasteiger partial charge in [0.15, 0.2) is 5.96 Å². The van der Waals surface area contributed by atoms with Crippen LogP contribution >= 0.6 is 35.3 Å². The zero-order valence-corrected chi connectivity index (χ0v) is 16.6. The van der Waals surface area contributed by atoms with Gasteiger partial charge in [-0.15, -0.1) is 35.3 Å². The third kappa shape index (κ3) is 5.28. The van der Waals surface area contributed by atoms with Crippen molar-refractivity contribution < 1.29 is 0 Å². The lowest BCUT2D eigenvalue weighted by molar-refractivity contribution is 0.745. The second-order valence-electron chi connectivity index (χ2n) is 5.21. The zero-order chi connectivity index (χ0) is 15.2. The van der Waals surface area contributed by atoms with Crippen molar-refractivity contribution in [2.45, 2.75) is 32.9 Å². The molecule has 5 nitrogen and oxygen atoms in total. The van der Waals surface area contributed by atoms with Crippen LogP contribution in [-0.2, 0) is 20.1 Å². The minimum Gasteiger partial charge on any atom is -0.353 e. The predicted molar refractivity (Wildman–Crippen MR) is 104 cm³/mol. The molecule has 122 valence electrons. The highest BCUT2D eigenvalue weighted by Crippen LogP contribution is 2.17. The number of guanidine groups is 1.